The summed E-state index contributed by atoms with van der Waals surface area (Å²) in [5.74, 6) is -0.116. The third-order valence-electron chi connectivity index (χ3n) is 5.14. The summed E-state index contributed by atoms with van der Waals surface area (Å²) in [4.78, 5) is 11.1. The quantitative estimate of drug-likeness (QED) is 0.448. The van der Waals surface area contributed by atoms with Crippen molar-refractivity contribution in [3.63, 3.8) is 0 Å². The van der Waals surface area contributed by atoms with Crippen molar-refractivity contribution in [3.05, 3.63) is 49.0 Å². The van der Waals surface area contributed by atoms with Crippen molar-refractivity contribution in [3.8, 4) is 0 Å². The van der Waals surface area contributed by atoms with Gasteiger partial charge in [0.15, 0.2) is 18.2 Å². The molecule has 0 unspecified atom stereocenters. The van der Waals surface area contributed by atoms with Gasteiger partial charge in [-0.25, -0.2) is 10.0 Å². The number of rotatable bonds is 5. The van der Waals surface area contributed by atoms with Crippen LogP contribution in [0.5, 0.6) is 0 Å². The van der Waals surface area contributed by atoms with Crippen LogP contribution in [-0.2, 0) is 11.4 Å². The first-order valence-corrected chi connectivity index (χ1v) is 9.59. The number of nitrogens with zero attached hydrogens (tertiary/aromatic N) is 3. The summed E-state index contributed by atoms with van der Waals surface area (Å²) >= 11 is 1.62. The van der Waals surface area contributed by atoms with Gasteiger partial charge >= 0.3 is 0 Å². The average Bonchev–Trinajstić information content (AvgIpc) is 2.93. The van der Waals surface area contributed by atoms with Gasteiger partial charge in [-0.15, -0.1) is 11.3 Å². The Bertz CT molecular complexity index is 884. The number of hydrogen-bond acceptors (Lipinski definition) is 6. The zero-order valence-electron chi connectivity index (χ0n) is 17.3. The third-order valence-corrected chi connectivity index (χ3v) is 6.07. The Kier molecular flexibility index (Phi) is 6.38. The second-order valence-electron chi connectivity index (χ2n) is 6.82. The normalized spacial score (nSPS) is 11.7. The molecular formula is C20H28N4O2S. The van der Waals surface area contributed by atoms with Gasteiger partial charge < -0.3 is 4.84 Å². The molecule has 2 aromatic rings. The van der Waals surface area contributed by atoms with E-state index in [9.17, 15) is 5.21 Å². The lowest BCUT2D eigenvalue weighted by atomic mass is 9.87. The topological polar surface area (TPSA) is 81.8 Å². The Morgan fingerprint density at radius 1 is 1.04 bits per heavy atom. The summed E-state index contributed by atoms with van der Waals surface area (Å²) < 4.78 is 0. The van der Waals surface area contributed by atoms with Crippen LogP contribution < -0.4 is 0 Å². The van der Waals surface area contributed by atoms with Crippen molar-refractivity contribution in [2.24, 2.45) is 5.16 Å². The molecule has 0 amide bonds. The summed E-state index contributed by atoms with van der Waals surface area (Å²) in [6.07, 6.45) is 0. The molecule has 27 heavy (non-hydrogen) atoms. The molecule has 1 aromatic carbocycles. The van der Waals surface area contributed by atoms with Gasteiger partial charge in [0.25, 0.3) is 0 Å². The standard InChI is InChI=1S/C20H28N4O2S/c1-10-11(2)13(4)18(14(5)12(10)3)19(20(21)24(8)25)23-26-9-17-15(6)27-16(7)22-17/h21,25H,9H2,1-8H3. The van der Waals surface area contributed by atoms with E-state index in [0.717, 1.165) is 48.5 Å². The smallest absolute Gasteiger partial charge is 0.174 e. The molecule has 0 bridgehead atoms. The number of likely N-dealkylation sites (N-methyl/N-ethyl adjacent to an activating group) is 1. The molecule has 146 valence electrons. The number of hydroxylamine groups is 2. The first-order chi connectivity index (χ1) is 12.6. The van der Waals surface area contributed by atoms with Crippen LogP contribution in [0.4, 0.5) is 0 Å². The summed E-state index contributed by atoms with van der Waals surface area (Å²) in [5.41, 5.74) is 7.58. The highest BCUT2D eigenvalue weighted by Crippen LogP contribution is 2.27. The summed E-state index contributed by atoms with van der Waals surface area (Å²) in [5, 5.41) is 24.1. The molecule has 2 rings (SSSR count). The Labute approximate surface area is 165 Å². The molecule has 0 radical (unpaired) electrons. The minimum absolute atomic E-state index is 0.116. The third kappa shape index (κ3) is 4.20. The molecule has 1 heterocycles. The highest BCUT2D eigenvalue weighted by atomic mass is 32.1. The zero-order chi connectivity index (χ0) is 20.5. The molecule has 0 atom stereocenters. The van der Waals surface area contributed by atoms with Gasteiger partial charge in [-0.05, 0) is 76.3 Å². The summed E-state index contributed by atoms with van der Waals surface area (Å²) in [7, 11) is 1.41. The van der Waals surface area contributed by atoms with Crippen molar-refractivity contribution < 1.29 is 10.0 Å². The SMILES string of the molecule is Cc1nc(CON=C(C(=N)N(C)O)c2c(C)c(C)c(C)c(C)c2C)c(C)s1. The zero-order valence-corrected chi connectivity index (χ0v) is 18.1. The minimum atomic E-state index is -0.116. The number of aromatic nitrogens is 1. The Balaban J connectivity index is 2.50. The van der Waals surface area contributed by atoms with Gasteiger partial charge in [0.2, 0.25) is 0 Å². The molecule has 0 aliphatic heterocycles. The van der Waals surface area contributed by atoms with Crippen LogP contribution >= 0.6 is 11.3 Å². The van der Waals surface area contributed by atoms with Gasteiger partial charge in [-0.1, -0.05) is 5.16 Å². The fourth-order valence-corrected chi connectivity index (χ4v) is 3.90. The second kappa shape index (κ2) is 8.19. The van der Waals surface area contributed by atoms with Crippen LogP contribution in [0.3, 0.4) is 0 Å². The van der Waals surface area contributed by atoms with E-state index in [2.05, 4.69) is 30.9 Å². The molecule has 0 fully saturated rings. The fraction of sp³-hybridized carbons (Fsp3) is 0.450. The number of oxime groups is 1. The van der Waals surface area contributed by atoms with E-state index in [1.54, 1.807) is 11.3 Å². The van der Waals surface area contributed by atoms with E-state index in [1.165, 1.54) is 12.6 Å². The lowest BCUT2D eigenvalue weighted by Crippen LogP contribution is -2.32. The van der Waals surface area contributed by atoms with Crippen LogP contribution in [0.25, 0.3) is 0 Å². The van der Waals surface area contributed by atoms with Crippen molar-refractivity contribution in [2.45, 2.75) is 55.1 Å². The van der Waals surface area contributed by atoms with E-state index in [0.29, 0.717) is 5.71 Å². The molecule has 0 saturated heterocycles. The molecule has 1 aromatic heterocycles. The van der Waals surface area contributed by atoms with E-state index in [1.807, 2.05) is 27.7 Å². The summed E-state index contributed by atoms with van der Waals surface area (Å²) in [6.45, 7) is 14.4. The van der Waals surface area contributed by atoms with Gasteiger partial charge in [-0.2, -0.15) is 0 Å². The molecule has 2 N–H and O–H groups in total. The van der Waals surface area contributed by atoms with Gasteiger partial charge in [-0.3, -0.25) is 10.6 Å². The number of thiazole rings is 1. The number of nitrogens with one attached hydrogen (secondary N) is 1. The van der Waals surface area contributed by atoms with Crippen LogP contribution in [0, 0.1) is 53.9 Å². The maximum Gasteiger partial charge on any atom is 0.174 e. The Hall–Kier alpha value is -2.25. The fourth-order valence-electron chi connectivity index (χ4n) is 3.08. The maximum absolute atomic E-state index is 9.85. The van der Waals surface area contributed by atoms with Crippen molar-refractivity contribution in [2.75, 3.05) is 7.05 Å². The molecule has 0 saturated carbocycles. The predicted octanol–water partition coefficient (Wildman–Crippen LogP) is 4.52. The predicted molar refractivity (Wildman–Crippen MR) is 110 cm³/mol. The summed E-state index contributed by atoms with van der Waals surface area (Å²) in [6, 6.07) is 0. The monoisotopic (exact) mass is 388 g/mol. The molecule has 0 aliphatic carbocycles. The Morgan fingerprint density at radius 2 is 1.56 bits per heavy atom. The molecular weight excluding hydrogens is 360 g/mol. The lowest BCUT2D eigenvalue weighted by Gasteiger charge is -2.21. The molecule has 0 aliphatic rings. The van der Waals surface area contributed by atoms with Crippen LogP contribution in [0.15, 0.2) is 5.16 Å². The molecule has 0 spiro atoms. The first-order valence-electron chi connectivity index (χ1n) is 8.77. The number of amidine groups is 1. The highest BCUT2D eigenvalue weighted by Gasteiger charge is 2.22. The number of aryl methyl sites for hydroxylation is 2. The first kappa shape index (κ1) is 21.1. The average molecular weight is 389 g/mol. The van der Waals surface area contributed by atoms with Crippen LogP contribution in [-0.4, -0.2) is 33.8 Å². The van der Waals surface area contributed by atoms with E-state index in [4.69, 9.17) is 10.2 Å². The van der Waals surface area contributed by atoms with E-state index < -0.39 is 0 Å². The van der Waals surface area contributed by atoms with Crippen LogP contribution in [0.1, 0.15) is 49.0 Å². The number of benzene rings is 1. The lowest BCUT2D eigenvalue weighted by molar-refractivity contribution is 0.0148. The van der Waals surface area contributed by atoms with E-state index >= 15 is 0 Å². The minimum Gasteiger partial charge on any atom is -0.389 e. The van der Waals surface area contributed by atoms with Crippen LogP contribution in [0.2, 0.25) is 0 Å². The highest BCUT2D eigenvalue weighted by molar-refractivity contribution is 7.11. The molecule has 6 nitrogen and oxygen atoms in total. The second-order valence-corrected chi connectivity index (χ2v) is 8.23. The largest absolute Gasteiger partial charge is 0.389 e. The van der Waals surface area contributed by atoms with E-state index in [-0.39, 0.29) is 12.4 Å². The van der Waals surface area contributed by atoms with Crippen molar-refractivity contribution in [1.29, 1.82) is 5.41 Å². The van der Waals surface area contributed by atoms with Gasteiger partial charge in [0, 0.05) is 17.5 Å². The molecule has 7 heteroatoms. The van der Waals surface area contributed by atoms with Gasteiger partial charge in [0.05, 0.1) is 10.7 Å². The maximum atomic E-state index is 9.85. The van der Waals surface area contributed by atoms with Gasteiger partial charge in [0.1, 0.15) is 0 Å². The Morgan fingerprint density at radius 3 is 2.00 bits per heavy atom. The van der Waals surface area contributed by atoms with Crippen molar-refractivity contribution >= 4 is 22.9 Å². The van der Waals surface area contributed by atoms with Crippen molar-refractivity contribution in [1.82, 2.24) is 10.0 Å². The number of hydrogen-bond donors (Lipinski definition) is 2.